The summed E-state index contributed by atoms with van der Waals surface area (Å²) >= 11 is 0. The molecule has 0 atom stereocenters. The third kappa shape index (κ3) is 2.27. The van der Waals surface area contributed by atoms with Gasteiger partial charge in [-0.1, -0.05) is 0 Å². The predicted molar refractivity (Wildman–Crippen MR) is 55.1 cm³/mol. The number of nitrogens with one attached hydrogen (secondary N) is 1. The number of carbonyl (C=O) groups is 2. The van der Waals surface area contributed by atoms with Crippen molar-refractivity contribution in [3.05, 3.63) is 0 Å². The number of morpholine rings is 1. The molecule has 0 aromatic carbocycles. The SMILES string of the molecule is O=C(NCC1(C(=O)O)CC1)N1CCOCC1. The number of amides is 2. The van der Waals surface area contributed by atoms with Gasteiger partial charge >= 0.3 is 12.0 Å². The highest BCUT2D eigenvalue weighted by atomic mass is 16.5. The smallest absolute Gasteiger partial charge is 0.317 e. The first kappa shape index (κ1) is 11.2. The van der Waals surface area contributed by atoms with Gasteiger partial charge in [0.2, 0.25) is 0 Å². The predicted octanol–water partition coefficient (Wildman–Crippen LogP) is -0.107. The molecule has 2 amide bonds. The van der Waals surface area contributed by atoms with Crippen molar-refractivity contribution in [2.24, 2.45) is 5.41 Å². The maximum absolute atomic E-state index is 11.7. The van der Waals surface area contributed by atoms with E-state index in [1.165, 1.54) is 0 Å². The van der Waals surface area contributed by atoms with Crippen LogP contribution in [0.5, 0.6) is 0 Å². The summed E-state index contributed by atoms with van der Waals surface area (Å²) in [5, 5.41) is 11.6. The van der Waals surface area contributed by atoms with Crippen LogP contribution in [-0.2, 0) is 9.53 Å². The van der Waals surface area contributed by atoms with Crippen LogP contribution in [-0.4, -0.2) is 54.9 Å². The third-order valence-electron chi connectivity index (χ3n) is 3.18. The van der Waals surface area contributed by atoms with Gasteiger partial charge in [0.1, 0.15) is 0 Å². The fraction of sp³-hybridized carbons (Fsp3) is 0.800. The van der Waals surface area contributed by atoms with E-state index in [0.29, 0.717) is 39.1 Å². The summed E-state index contributed by atoms with van der Waals surface area (Å²) in [6.45, 7) is 2.49. The molecule has 0 radical (unpaired) electrons. The fourth-order valence-electron chi connectivity index (χ4n) is 1.74. The maximum Gasteiger partial charge on any atom is 0.317 e. The minimum Gasteiger partial charge on any atom is -0.481 e. The van der Waals surface area contributed by atoms with Crippen molar-refractivity contribution >= 4 is 12.0 Å². The van der Waals surface area contributed by atoms with Gasteiger partial charge in [0.25, 0.3) is 0 Å². The van der Waals surface area contributed by atoms with E-state index in [0.717, 1.165) is 0 Å². The second-order valence-corrected chi connectivity index (χ2v) is 4.34. The third-order valence-corrected chi connectivity index (χ3v) is 3.18. The summed E-state index contributed by atoms with van der Waals surface area (Å²) in [7, 11) is 0. The molecule has 1 saturated carbocycles. The second kappa shape index (κ2) is 4.29. The van der Waals surface area contributed by atoms with Crippen LogP contribution in [0, 0.1) is 5.41 Å². The number of carbonyl (C=O) groups excluding carboxylic acids is 1. The molecule has 1 aliphatic heterocycles. The zero-order valence-electron chi connectivity index (χ0n) is 9.07. The Hall–Kier alpha value is -1.30. The summed E-state index contributed by atoms with van der Waals surface area (Å²) in [5.74, 6) is -0.810. The zero-order valence-corrected chi connectivity index (χ0v) is 9.07. The lowest BCUT2D eigenvalue weighted by Gasteiger charge is -2.27. The first-order valence-corrected chi connectivity index (χ1v) is 5.48. The van der Waals surface area contributed by atoms with Crippen molar-refractivity contribution in [1.29, 1.82) is 0 Å². The molecule has 16 heavy (non-hydrogen) atoms. The maximum atomic E-state index is 11.7. The van der Waals surface area contributed by atoms with Gasteiger partial charge in [0.05, 0.1) is 18.6 Å². The molecule has 2 aliphatic rings. The van der Waals surface area contributed by atoms with Crippen molar-refractivity contribution in [3.63, 3.8) is 0 Å². The molecule has 6 nitrogen and oxygen atoms in total. The number of rotatable bonds is 3. The number of carboxylic acids is 1. The van der Waals surface area contributed by atoms with Crippen molar-refractivity contribution in [2.45, 2.75) is 12.8 Å². The Morgan fingerprint density at radius 2 is 1.94 bits per heavy atom. The van der Waals surface area contributed by atoms with Crippen LogP contribution in [0.1, 0.15) is 12.8 Å². The minimum atomic E-state index is -0.810. The highest BCUT2D eigenvalue weighted by molar-refractivity contribution is 5.80. The lowest BCUT2D eigenvalue weighted by atomic mass is 10.1. The van der Waals surface area contributed by atoms with Gasteiger partial charge in [-0.15, -0.1) is 0 Å². The number of urea groups is 1. The summed E-state index contributed by atoms with van der Waals surface area (Å²) in [6, 6.07) is -0.184. The van der Waals surface area contributed by atoms with E-state index in [2.05, 4.69) is 5.32 Å². The van der Waals surface area contributed by atoms with Gasteiger partial charge in [-0.25, -0.2) is 4.79 Å². The monoisotopic (exact) mass is 228 g/mol. The molecule has 2 rings (SSSR count). The first-order valence-electron chi connectivity index (χ1n) is 5.48. The lowest BCUT2D eigenvalue weighted by molar-refractivity contribution is -0.143. The average Bonchev–Trinajstić information content (AvgIpc) is 3.08. The van der Waals surface area contributed by atoms with E-state index in [1.807, 2.05) is 0 Å². The number of aliphatic carboxylic acids is 1. The van der Waals surface area contributed by atoms with Gasteiger partial charge < -0.3 is 20.1 Å². The van der Waals surface area contributed by atoms with E-state index in [1.54, 1.807) is 4.90 Å². The molecular weight excluding hydrogens is 212 g/mol. The van der Waals surface area contributed by atoms with Crippen LogP contribution in [0.4, 0.5) is 4.79 Å². The van der Waals surface area contributed by atoms with E-state index in [9.17, 15) is 9.59 Å². The van der Waals surface area contributed by atoms with Crippen molar-refractivity contribution in [3.8, 4) is 0 Å². The second-order valence-electron chi connectivity index (χ2n) is 4.34. The molecule has 1 aliphatic carbocycles. The Kier molecular flexibility index (Phi) is 3.00. The summed E-state index contributed by atoms with van der Waals surface area (Å²) < 4.78 is 5.13. The van der Waals surface area contributed by atoms with Crippen molar-refractivity contribution < 1.29 is 19.4 Å². The average molecular weight is 228 g/mol. The minimum absolute atomic E-state index is 0.184. The molecule has 0 bridgehead atoms. The quantitative estimate of drug-likeness (QED) is 0.706. The van der Waals surface area contributed by atoms with E-state index >= 15 is 0 Å². The number of hydrogen-bond donors (Lipinski definition) is 2. The molecule has 6 heteroatoms. The normalized spacial score (nSPS) is 22.6. The van der Waals surface area contributed by atoms with E-state index in [4.69, 9.17) is 9.84 Å². The zero-order chi connectivity index (χ0) is 11.6. The van der Waals surface area contributed by atoms with Crippen LogP contribution in [0.2, 0.25) is 0 Å². The Bertz CT molecular complexity index is 295. The van der Waals surface area contributed by atoms with Crippen LogP contribution in [0.3, 0.4) is 0 Å². The largest absolute Gasteiger partial charge is 0.481 e. The topological polar surface area (TPSA) is 78.9 Å². The molecular formula is C10H16N2O4. The Morgan fingerprint density at radius 1 is 1.31 bits per heavy atom. The van der Waals surface area contributed by atoms with Crippen molar-refractivity contribution in [2.75, 3.05) is 32.8 Å². The Morgan fingerprint density at radius 3 is 2.44 bits per heavy atom. The molecule has 2 N–H and O–H groups in total. The van der Waals surface area contributed by atoms with Crippen LogP contribution >= 0.6 is 0 Å². The summed E-state index contributed by atoms with van der Waals surface area (Å²) in [6.07, 6.45) is 1.32. The molecule has 90 valence electrons. The van der Waals surface area contributed by atoms with Crippen molar-refractivity contribution in [1.82, 2.24) is 10.2 Å². The standard InChI is InChI=1S/C10H16N2O4/c13-8(14)10(1-2-10)7-11-9(15)12-3-5-16-6-4-12/h1-7H2,(H,11,15)(H,13,14). The van der Waals surface area contributed by atoms with Gasteiger partial charge in [-0.3, -0.25) is 4.79 Å². The van der Waals surface area contributed by atoms with Gasteiger partial charge in [0.15, 0.2) is 0 Å². The van der Waals surface area contributed by atoms with Gasteiger partial charge in [-0.05, 0) is 12.8 Å². The highest BCUT2D eigenvalue weighted by Gasteiger charge is 2.50. The molecule has 1 saturated heterocycles. The highest BCUT2D eigenvalue weighted by Crippen LogP contribution is 2.45. The number of ether oxygens (including phenoxy) is 1. The number of carboxylic acid groups (broad SMARTS) is 1. The number of hydrogen-bond acceptors (Lipinski definition) is 3. The number of nitrogens with zero attached hydrogens (tertiary/aromatic N) is 1. The molecule has 0 spiro atoms. The Balaban J connectivity index is 1.77. The fourth-order valence-corrected chi connectivity index (χ4v) is 1.74. The van der Waals surface area contributed by atoms with Gasteiger partial charge in [-0.2, -0.15) is 0 Å². The van der Waals surface area contributed by atoms with Crippen LogP contribution in [0.15, 0.2) is 0 Å². The van der Waals surface area contributed by atoms with E-state index < -0.39 is 11.4 Å². The van der Waals surface area contributed by atoms with Crippen LogP contribution in [0.25, 0.3) is 0 Å². The van der Waals surface area contributed by atoms with Gasteiger partial charge in [0, 0.05) is 19.6 Å². The molecule has 2 fully saturated rings. The van der Waals surface area contributed by atoms with E-state index in [-0.39, 0.29) is 12.6 Å². The van der Waals surface area contributed by atoms with Crippen LogP contribution < -0.4 is 5.32 Å². The summed E-state index contributed by atoms with van der Waals surface area (Å²) in [4.78, 5) is 24.2. The molecule has 0 aromatic heterocycles. The summed E-state index contributed by atoms with van der Waals surface area (Å²) in [5.41, 5.74) is -0.693. The molecule has 0 aromatic rings. The molecule has 1 heterocycles. The molecule has 0 unspecified atom stereocenters. The lowest BCUT2D eigenvalue weighted by Crippen LogP contribution is -2.48. The Labute approximate surface area is 93.6 Å². The first-order chi connectivity index (χ1) is 7.64.